The van der Waals surface area contributed by atoms with E-state index >= 15 is 0 Å². The van der Waals surface area contributed by atoms with Crippen LogP contribution in [0.5, 0.6) is 0 Å². The van der Waals surface area contributed by atoms with Crippen LogP contribution in [0.3, 0.4) is 0 Å². The van der Waals surface area contributed by atoms with Gasteiger partial charge < -0.3 is 9.30 Å². The Morgan fingerprint density at radius 1 is 1.71 bits per heavy atom. The van der Waals surface area contributed by atoms with Crippen LogP contribution in [-0.4, -0.2) is 20.1 Å². The maximum atomic E-state index is 10.1. The van der Waals surface area contributed by atoms with Gasteiger partial charge in [-0.3, -0.25) is 0 Å². The van der Waals surface area contributed by atoms with Gasteiger partial charge in [-0.2, -0.15) is 0 Å². The van der Waals surface area contributed by atoms with Gasteiger partial charge in [0.05, 0.1) is 14.1 Å². The van der Waals surface area contributed by atoms with Crippen LogP contribution in [0.15, 0.2) is 0 Å². The summed E-state index contributed by atoms with van der Waals surface area (Å²) in [5, 5.41) is 0. The Bertz CT molecular complexity index is 56.9. The molecule has 0 saturated heterocycles. The summed E-state index contributed by atoms with van der Waals surface area (Å²) in [4.78, 5) is 0. The Kier molecular flexibility index (Phi) is 11.6. The monoisotopic (exact) mass is 197 g/mol. The third-order valence-electron chi connectivity index (χ3n) is 0.348. The van der Waals surface area contributed by atoms with Gasteiger partial charge >= 0.3 is 0 Å². The maximum absolute atomic E-state index is 10.1. The second kappa shape index (κ2) is 7.29. The van der Waals surface area contributed by atoms with Crippen molar-refractivity contribution >= 4 is 7.80 Å². The molecule has 0 aromatic rings. The Balaban J connectivity index is 0. The van der Waals surface area contributed by atoms with Crippen LogP contribution in [-0.2, 0) is 42.0 Å². The Morgan fingerprint density at radius 3 is 2.14 bits per heavy atom. The van der Waals surface area contributed by atoms with E-state index in [0.29, 0.717) is 6.35 Å². The van der Waals surface area contributed by atoms with E-state index in [1.165, 1.54) is 0 Å². The standard InChI is InChI=1S/C3H9O2P.Y/c1-5-3-6(2)4;/h6H,3H2,1-2H3;. The van der Waals surface area contributed by atoms with Gasteiger partial charge in [0, 0.05) is 39.8 Å². The summed E-state index contributed by atoms with van der Waals surface area (Å²) in [6.07, 6.45) is 0.421. The third-order valence-corrected chi connectivity index (χ3v) is 1.04. The van der Waals surface area contributed by atoms with Crippen LogP contribution in [0.1, 0.15) is 0 Å². The Hall–Kier alpha value is 1.29. The van der Waals surface area contributed by atoms with Crippen molar-refractivity contribution in [3.63, 3.8) is 0 Å². The van der Waals surface area contributed by atoms with Gasteiger partial charge in [-0.15, -0.1) is 0 Å². The predicted molar refractivity (Wildman–Crippen MR) is 26.8 cm³/mol. The van der Waals surface area contributed by atoms with E-state index in [1.54, 1.807) is 13.8 Å². The van der Waals surface area contributed by atoms with Crippen molar-refractivity contribution in [2.45, 2.75) is 0 Å². The molecule has 41 valence electrons. The van der Waals surface area contributed by atoms with E-state index in [2.05, 4.69) is 4.74 Å². The zero-order valence-electron chi connectivity index (χ0n) is 4.60. The fourth-order valence-corrected chi connectivity index (χ4v) is 0.610. The minimum atomic E-state index is -1.36. The second-order valence-electron chi connectivity index (χ2n) is 1.14. The molecule has 0 amide bonds. The van der Waals surface area contributed by atoms with Gasteiger partial charge in [-0.25, -0.2) is 0 Å². The largest absolute Gasteiger partial charge is 0.377 e. The SMILES string of the molecule is COC[PH](C)=O.[Y]. The average Bonchev–Trinajstić information content (AvgIpc) is 1.35. The Labute approximate surface area is 69.7 Å². The number of ether oxygens (including phenoxy) is 1. The van der Waals surface area contributed by atoms with Crippen LogP contribution in [0.2, 0.25) is 0 Å². The Morgan fingerprint density at radius 2 is 2.14 bits per heavy atom. The van der Waals surface area contributed by atoms with Crippen LogP contribution >= 0.6 is 7.80 Å². The zero-order valence-corrected chi connectivity index (χ0v) is 8.44. The molecule has 0 aliphatic carbocycles. The molecular weight excluding hydrogens is 188 g/mol. The summed E-state index contributed by atoms with van der Waals surface area (Å²) in [6, 6.07) is 0. The van der Waals surface area contributed by atoms with Gasteiger partial charge in [-0.1, -0.05) is 0 Å². The summed E-state index contributed by atoms with van der Waals surface area (Å²) in [5.41, 5.74) is 0. The third kappa shape index (κ3) is 11.1. The topological polar surface area (TPSA) is 26.3 Å². The maximum Gasteiger partial charge on any atom is 0.0976 e. The molecule has 4 heteroatoms. The first-order valence-electron chi connectivity index (χ1n) is 1.75. The van der Waals surface area contributed by atoms with Crippen LogP contribution in [0.4, 0.5) is 0 Å². The van der Waals surface area contributed by atoms with E-state index in [1.807, 2.05) is 0 Å². The minimum absolute atomic E-state index is 0. The first-order valence-corrected chi connectivity index (χ1v) is 3.87. The number of rotatable bonds is 2. The molecule has 0 aliphatic rings. The number of hydrogen-bond donors (Lipinski definition) is 0. The fourth-order valence-electron chi connectivity index (χ4n) is 0.203. The van der Waals surface area contributed by atoms with Crippen LogP contribution in [0, 0.1) is 0 Å². The van der Waals surface area contributed by atoms with Crippen molar-refractivity contribution in [2.24, 2.45) is 0 Å². The molecule has 1 unspecified atom stereocenters. The minimum Gasteiger partial charge on any atom is -0.377 e. The van der Waals surface area contributed by atoms with Crippen molar-refractivity contribution in [3.05, 3.63) is 0 Å². The van der Waals surface area contributed by atoms with Gasteiger partial charge in [0.1, 0.15) is 0 Å². The molecule has 2 nitrogen and oxygen atoms in total. The second-order valence-corrected chi connectivity index (χ2v) is 2.83. The molecule has 0 spiro atoms. The smallest absolute Gasteiger partial charge is 0.0976 e. The van der Waals surface area contributed by atoms with Crippen LogP contribution < -0.4 is 0 Å². The molecule has 0 rings (SSSR count). The van der Waals surface area contributed by atoms with E-state index in [0.717, 1.165) is 0 Å². The zero-order chi connectivity index (χ0) is 4.99. The molecule has 0 fully saturated rings. The molecule has 0 heterocycles. The molecule has 0 bridgehead atoms. The summed E-state index contributed by atoms with van der Waals surface area (Å²) >= 11 is 0. The van der Waals surface area contributed by atoms with E-state index in [-0.39, 0.29) is 32.7 Å². The first kappa shape index (κ1) is 11.1. The fraction of sp³-hybridized carbons (Fsp3) is 1.00. The van der Waals surface area contributed by atoms with E-state index in [9.17, 15) is 4.57 Å². The van der Waals surface area contributed by atoms with Crippen molar-refractivity contribution in [3.8, 4) is 0 Å². The van der Waals surface area contributed by atoms with Gasteiger partial charge in [-0.05, 0) is 6.66 Å². The predicted octanol–water partition coefficient (Wildman–Crippen LogP) is 0.777. The van der Waals surface area contributed by atoms with Gasteiger partial charge in [0.15, 0.2) is 0 Å². The van der Waals surface area contributed by atoms with Crippen molar-refractivity contribution in [1.29, 1.82) is 0 Å². The molecule has 1 atom stereocenters. The van der Waals surface area contributed by atoms with Crippen LogP contribution in [0.25, 0.3) is 0 Å². The summed E-state index contributed by atoms with van der Waals surface area (Å²) < 4.78 is 14.6. The normalized spacial score (nSPS) is 12.3. The molecule has 0 N–H and O–H groups in total. The van der Waals surface area contributed by atoms with Crippen molar-refractivity contribution < 1.29 is 42.0 Å². The number of hydrogen-bond acceptors (Lipinski definition) is 2. The molecular formula is C3H9O2PY. The van der Waals surface area contributed by atoms with Crippen molar-refractivity contribution in [2.75, 3.05) is 20.1 Å². The average molecular weight is 197 g/mol. The summed E-state index contributed by atoms with van der Waals surface area (Å²) in [6.45, 7) is 1.67. The van der Waals surface area contributed by atoms with Gasteiger partial charge in [0.25, 0.3) is 0 Å². The molecule has 0 aliphatic heterocycles. The summed E-state index contributed by atoms with van der Waals surface area (Å²) in [5.74, 6) is 0. The molecule has 0 aromatic carbocycles. The molecule has 7 heavy (non-hydrogen) atoms. The molecule has 0 aromatic heterocycles. The first-order chi connectivity index (χ1) is 2.77. The molecule has 1 radical (unpaired) electrons. The van der Waals surface area contributed by atoms with Gasteiger partial charge in [0.2, 0.25) is 0 Å². The van der Waals surface area contributed by atoms with Crippen molar-refractivity contribution in [1.82, 2.24) is 0 Å². The van der Waals surface area contributed by atoms with E-state index in [4.69, 9.17) is 0 Å². The molecule has 0 saturated carbocycles. The number of methoxy groups -OCH3 is 1. The summed E-state index contributed by atoms with van der Waals surface area (Å²) in [7, 11) is 0.190. The van der Waals surface area contributed by atoms with E-state index < -0.39 is 7.80 Å². The quantitative estimate of drug-likeness (QED) is 0.611.